The average molecular weight is 705 g/mol. The van der Waals surface area contributed by atoms with E-state index < -0.39 is 18.0 Å². The van der Waals surface area contributed by atoms with E-state index in [2.05, 4.69) is 10.6 Å². The highest BCUT2D eigenvalue weighted by atomic mass is 16.6. The van der Waals surface area contributed by atoms with Crippen molar-refractivity contribution >= 4 is 29.9 Å². The van der Waals surface area contributed by atoms with Crippen LogP contribution in [-0.2, 0) is 42.9 Å². The minimum absolute atomic E-state index is 0.109. The van der Waals surface area contributed by atoms with Crippen molar-refractivity contribution in [2.75, 3.05) is 66.4 Å². The molecule has 0 radical (unpaired) electrons. The molecule has 0 saturated carbocycles. The van der Waals surface area contributed by atoms with Crippen LogP contribution in [0.5, 0.6) is 0 Å². The van der Waals surface area contributed by atoms with Gasteiger partial charge in [-0.2, -0.15) is 0 Å². The number of hydrogen-bond acceptors (Lipinski definition) is 10. The molecule has 0 aliphatic carbocycles. The summed E-state index contributed by atoms with van der Waals surface area (Å²) in [6.45, 7) is 5.32. The molecule has 4 N–H and O–H groups in total. The van der Waals surface area contributed by atoms with E-state index in [-0.39, 0.29) is 24.5 Å². The van der Waals surface area contributed by atoms with Crippen LogP contribution in [0.4, 0.5) is 0 Å². The summed E-state index contributed by atoms with van der Waals surface area (Å²) in [7, 11) is 1.55. The molecule has 0 heterocycles. The Hall–Kier alpha value is -2.45. The van der Waals surface area contributed by atoms with Gasteiger partial charge in [0.1, 0.15) is 18.1 Å². The standard InChI is InChI=1S/C18H34N2O8.C18H34O3/c1-15(21)5-7-25-9-11-27-13-14-28-12-10-26-8-6-20-17(22)4-3-16(19-2)18(23)24;19-17-15-13-11-9-7-5-3-1-2-4-6-8-10-12-14-16-18(20)21/h16,19H,3-14H2,1-2H3,(H,20,22)(H,23,24);17H,1-16H2,(H,20,21). The van der Waals surface area contributed by atoms with Crippen LogP contribution in [0.15, 0.2) is 0 Å². The minimum atomic E-state index is -0.970. The van der Waals surface area contributed by atoms with E-state index in [0.29, 0.717) is 72.2 Å². The third kappa shape index (κ3) is 43.5. The summed E-state index contributed by atoms with van der Waals surface area (Å²) in [6.07, 6.45) is 20.1. The van der Waals surface area contributed by atoms with Gasteiger partial charge < -0.3 is 44.6 Å². The normalized spacial score (nSPS) is 11.4. The third-order valence-corrected chi connectivity index (χ3v) is 7.55. The van der Waals surface area contributed by atoms with E-state index in [9.17, 15) is 24.0 Å². The molecule has 0 aromatic heterocycles. The van der Waals surface area contributed by atoms with Crippen molar-refractivity contribution in [1.82, 2.24) is 10.6 Å². The van der Waals surface area contributed by atoms with Crippen LogP contribution in [-0.4, -0.2) is 113 Å². The van der Waals surface area contributed by atoms with E-state index in [4.69, 9.17) is 29.2 Å². The van der Waals surface area contributed by atoms with Crippen molar-refractivity contribution in [3.8, 4) is 0 Å². The number of ketones is 1. The maximum absolute atomic E-state index is 11.6. The molecule has 0 rings (SSSR count). The molecule has 1 unspecified atom stereocenters. The number of ether oxygens (including phenoxy) is 4. The van der Waals surface area contributed by atoms with E-state index in [1.807, 2.05) is 0 Å². The number of Topliss-reactive ketones (excluding diaryl/α,β-unsaturated/α-hetero) is 1. The van der Waals surface area contributed by atoms with Gasteiger partial charge in [-0.15, -0.1) is 0 Å². The van der Waals surface area contributed by atoms with Gasteiger partial charge in [-0.25, -0.2) is 0 Å². The Morgan fingerprint density at radius 2 is 1.02 bits per heavy atom. The SMILES string of the molecule is CNC(CCC(=O)NCCOCCOCCOCCOCCC(C)=O)C(=O)O.O=CCCCCCCCCCCCCCCCCC(=O)O. The van der Waals surface area contributed by atoms with Crippen LogP contribution in [0.1, 0.15) is 129 Å². The Bertz CT molecular complexity index is 799. The molecule has 0 saturated heterocycles. The lowest BCUT2D eigenvalue weighted by Gasteiger charge is -2.11. The zero-order valence-corrected chi connectivity index (χ0v) is 30.5. The number of hydrogen-bond donors (Lipinski definition) is 4. The Morgan fingerprint density at radius 1 is 0.592 bits per heavy atom. The molecule has 13 heteroatoms. The maximum atomic E-state index is 11.6. The van der Waals surface area contributed by atoms with Crippen molar-refractivity contribution in [2.24, 2.45) is 0 Å². The molecule has 1 atom stereocenters. The molecule has 0 aromatic rings. The van der Waals surface area contributed by atoms with E-state index in [1.165, 1.54) is 77.6 Å². The summed E-state index contributed by atoms with van der Waals surface area (Å²) in [5.41, 5.74) is 0. The molecule has 288 valence electrons. The third-order valence-electron chi connectivity index (χ3n) is 7.55. The molecule has 0 aliphatic heterocycles. The first-order valence-electron chi connectivity index (χ1n) is 18.4. The van der Waals surface area contributed by atoms with Gasteiger partial charge in [-0.05, 0) is 33.2 Å². The van der Waals surface area contributed by atoms with Gasteiger partial charge in [-0.3, -0.25) is 19.2 Å². The smallest absolute Gasteiger partial charge is 0.320 e. The zero-order valence-electron chi connectivity index (χ0n) is 30.5. The highest BCUT2D eigenvalue weighted by Gasteiger charge is 2.15. The second-order valence-corrected chi connectivity index (χ2v) is 12.0. The van der Waals surface area contributed by atoms with Gasteiger partial charge in [0.2, 0.25) is 5.91 Å². The quantitative estimate of drug-likeness (QED) is 0.0495. The molecule has 0 aromatic carbocycles. The number of carbonyl (C=O) groups excluding carboxylic acids is 3. The monoisotopic (exact) mass is 704 g/mol. The van der Waals surface area contributed by atoms with Gasteiger partial charge in [0.25, 0.3) is 0 Å². The zero-order chi connectivity index (χ0) is 36.6. The highest BCUT2D eigenvalue weighted by Crippen LogP contribution is 2.13. The summed E-state index contributed by atoms with van der Waals surface area (Å²) < 4.78 is 21.2. The Kier molecular flexibility index (Phi) is 39.7. The first kappa shape index (κ1) is 48.7. The van der Waals surface area contributed by atoms with Gasteiger partial charge in [-0.1, -0.05) is 77.0 Å². The van der Waals surface area contributed by atoms with Crippen molar-refractivity contribution in [2.45, 2.75) is 135 Å². The molecule has 0 fully saturated rings. The first-order valence-corrected chi connectivity index (χ1v) is 18.4. The van der Waals surface area contributed by atoms with Gasteiger partial charge in [0.15, 0.2) is 0 Å². The number of unbranched alkanes of at least 4 members (excludes halogenated alkanes) is 14. The lowest BCUT2D eigenvalue weighted by Crippen LogP contribution is -2.36. The number of aldehydes is 1. The molecule has 0 aliphatic rings. The highest BCUT2D eigenvalue weighted by molar-refractivity contribution is 5.78. The largest absolute Gasteiger partial charge is 0.481 e. The van der Waals surface area contributed by atoms with E-state index in [1.54, 1.807) is 7.05 Å². The predicted octanol–water partition coefficient (Wildman–Crippen LogP) is 5.11. The fourth-order valence-corrected chi connectivity index (χ4v) is 4.62. The molecule has 0 bridgehead atoms. The lowest BCUT2D eigenvalue weighted by atomic mass is 10.0. The second-order valence-electron chi connectivity index (χ2n) is 12.0. The van der Waals surface area contributed by atoms with Crippen LogP contribution in [0.2, 0.25) is 0 Å². The summed E-state index contributed by atoms with van der Waals surface area (Å²) >= 11 is 0. The van der Waals surface area contributed by atoms with Crippen LogP contribution in [0.25, 0.3) is 0 Å². The number of likely N-dealkylation sites (N-methyl/N-ethyl adjacent to an activating group) is 1. The van der Waals surface area contributed by atoms with Gasteiger partial charge >= 0.3 is 11.9 Å². The Labute approximate surface area is 294 Å². The fourth-order valence-electron chi connectivity index (χ4n) is 4.62. The number of carboxylic acid groups (broad SMARTS) is 2. The molecular formula is C36H68N2O11. The molecule has 13 nitrogen and oxygen atoms in total. The summed E-state index contributed by atoms with van der Waals surface area (Å²) in [4.78, 5) is 53.6. The lowest BCUT2D eigenvalue weighted by molar-refractivity contribution is -0.140. The number of nitrogens with one attached hydrogen (secondary N) is 2. The number of amides is 1. The number of aliphatic carboxylic acids is 2. The fraction of sp³-hybridized carbons (Fsp3) is 0.861. The van der Waals surface area contributed by atoms with Crippen molar-refractivity contribution < 1.29 is 53.1 Å². The van der Waals surface area contributed by atoms with Crippen molar-refractivity contribution in [3.63, 3.8) is 0 Å². The van der Waals surface area contributed by atoms with Crippen LogP contribution < -0.4 is 10.6 Å². The first-order chi connectivity index (χ1) is 23.7. The molecular weight excluding hydrogens is 636 g/mol. The summed E-state index contributed by atoms with van der Waals surface area (Å²) in [5.74, 6) is -1.73. The Balaban J connectivity index is 0. The number of carbonyl (C=O) groups is 5. The summed E-state index contributed by atoms with van der Waals surface area (Å²) in [5, 5.41) is 22.7. The van der Waals surface area contributed by atoms with Gasteiger partial charge in [0, 0.05) is 32.2 Å². The number of rotatable bonds is 37. The van der Waals surface area contributed by atoms with Crippen LogP contribution >= 0.6 is 0 Å². The van der Waals surface area contributed by atoms with E-state index >= 15 is 0 Å². The molecule has 0 spiro atoms. The summed E-state index contributed by atoms with van der Waals surface area (Å²) in [6, 6.07) is -0.720. The number of carboxylic acids is 2. The topological polar surface area (TPSA) is 187 Å². The van der Waals surface area contributed by atoms with Crippen LogP contribution in [0.3, 0.4) is 0 Å². The molecule has 49 heavy (non-hydrogen) atoms. The second kappa shape index (κ2) is 40.0. The van der Waals surface area contributed by atoms with Gasteiger partial charge in [0.05, 0.1) is 52.9 Å². The molecule has 1 amide bonds. The minimum Gasteiger partial charge on any atom is -0.481 e. The maximum Gasteiger partial charge on any atom is 0.320 e. The van der Waals surface area contributed by atoms with Crippen molar-refractivity contribution in [1.29, 1.82) is 0 Å². The van der Waals surface area contributed by atoms with Crippen molar-refractivity contribution in [3.05, 3.63) is 0 Å². The average Bonchev–Trinajstić information content (AvgIpc) is 3.06. The van der Waals surface area contributed by atoms with E-state index in [0.717, 1.165) is 32.0 Å². The predicted molar refractivity (Wildman–Crippen MR) is 189 cm³/mol. The Morgan fingerprint density at radius 3 is 1.43 bits per heavy atom. The van der Waals surface area contributed by atoms with Crippen LogP contribution in [0, 0.1) is 0 Å².